The second kappa shape index (κ2) is 5.51. The zero-order chi connectivity index (χ0) is 14.8. The van der Waals surface area contributed by atoms with Gasteiger partial charge in [0.1, 0.15) is 5.69 Å². The molecule has 3 rings (SSSR count). The van der Waals surface area contributed by atoms with E-state index >= 15 is 0 Å². The number of carbonyl (C=O) groups is 2. The van der Waals surface area contributed by atoms with E-state index in [0.29, 0.717) is 21.4 Å². The number of primary amides is 1. The second-order valence-electron chi connectivity index (χ2n) is 4.14. The average Bonchev–Trinajstić information content (AvgIpc) is 3.20. The number of H-pyrrole nitrogens is 1. The van der Waals surface area contributed by atoms with Crippen LogP contribution in [0.1, 0.15) is 20.2 Å². The quantitative estimate of drug-likeness (QED) is 0.689. The molecule has 0 unspecified atom stereocenters. The highest BCUT2D eigenvalue weighted by Crippen LogP contribution is 2.26. The third-order valence-corrected chi connectivity index (χ3v) is 4.34. The number of thiazole rings is 1. The van der Waals surface area contributed by atoms with Crippen molar-refractivity contribution in [2.24, 2.45) is 5.73 Å². The van der Waals surface area contributed by atoms with E-state index in [1.165, 1.54) is 22.7 Å². The summed E-state index contributed by atoms with van der Waals surface area (Å²) in [6, 6.07) is 5.19. The third kappa shape index (κ3) is 2.86. The van der Waals surface area contributed by atoms with Gasteiger partial charge in [-0.25, -0.2) is 4.98 Å². The van der Waals surface area contributed by atoms with Crippen molar-refractivity contribution in [2.45, 2.75) is 0 Å². The molecule has 0 aliphatic heterocycles. The predicted octanol–water partition coefficient (Wildman–Crippen LogP) is 2.55. The number of aromatic amines is 1. The monoisotopic (exact) mass is 318 g/mol. The zero-order valence-electron chi connectivity index (χ0n) is 10.6. The molecule has 2 amide bonds. The molecule has 3 heterocycles. The van der Waals surface area contributed by atoms with Gasteiger partial charge in [0.25, 0.3) is 11.8 Å². The molecule has 0 saturated heterocycles. The highest BCUT2D eigenvalue weighted by molar-refractivity contribution is 7.14. The summed E-state index contributed by atoms with van der Waals surface area (Å²) in [6.07, 6.45) is 1.65. The van der Waals surface area contributed by atoms with E-state index in [-0.39, 0.29) is 5.91 Å². The lowest BCUT2D eigenvalue weighted by atomic mass is 10.2. The summed E-state index contributed by atoms with van der Waals surface area (Å²) in [5.41, 5.74) is 6.93. The first-order chi connectivity index (χ1) is 10.1. The van der Waals surface area contributed by atoms with Crippen LogP contribution in [0.5, 0.6) is 0 Å². The van der Waals surface area contributed by atoms with Crippen LogP contribution in [0.15, 0.2) is 35.2 Å². The molecule has 106 valence electrons. The number of amides is 2. The zero-order valence-corrected chi connectivity index (χ0v) is 12.3. The lowest BCUT2D eigenvalue weighted by Gasteiger charge is -1.97. The highest BCUT2D eigenvalue weighted by Gasteiger charge is 2.12. The molecular weight excluding hydrogens is 308 g/mol. The normalized spacial score (nSPS) is 10.5. The van der Waals surface area contributed by atoms with Crippen molar-refractivity contribution in [1.82, 2.24) is 9.97 Å². The largest absolute Gasteiger partial charge is 0.364 e. The number of anilines is 1. The van der Waals surface area contributed by atoms with Crippen molar-refractivity contribution in [3.8, 4) is 11.3 Å². The maximum absolute atomic E-state index is 11.9. The Balaban J connectivity index is 1.76. The Hall–Kier alpha value is -2.45. The SMILES string of the molecule is NC(=O)c1cc(-c2csc(NC(=O)c3cccs3)n2)c[nH]1. The molecule has 0 aliphatic carbocycles. The Morgan fingerprint density at radius 2 is 2.19 bits per heavy atom. The third-order valence-electron chi connectivity index (χ3n) is 2.71. The minimum Gasteiger partial charge on any atom is -0.364 e. The molecule has 0 aromatic carbocycles. The van der Waals surface area contributed by atoms with Crippen LogP contribution in [0.4, 0.5) is 5.13 Å². The summed E-state index contributed by atoms with van der Waals surface area (Å²) in [4.78, 5) is 30.7. The molecule has 0 radical (unpaired) electrons. The average molecular weight is 318 g/mol. The van der Waals surface area contributed by atoms with E-state index in [1.54, 1.807) is 23.7 Å². The summed E-state index contributed by atoms with van der Waals surface area (Å²) in [5, 5.41) is 6.89. The molecule has 6 nitrogen and oxygen atoms in total. The summed E-state index contributed by atoms with van der Waals surface area (Å²) in [6.45, 7) is 0. The molecule has 0 aliphatic rings. The fraction of sp³-hybridized carbons (Fsp3) is 0. The molecule has 3 aromatic rings. The minimum atomic E-state index is -0.525. The maximum atomic E-state index is 11.9. The molecule has 0 spiro atoms. The van der Waals surface area contributed by atoms with Crippen molar-refractivity contribution in [3.05, 3.63) is 45.7 Å². The number of thiophene rings is 1. The van der Waals surface area contributed by atoms with E-state index in [2.05, 4.69) is 15.3 Å². The number of nitrogens with zero attached hydrogens (tertiary/aromatic N) is 1. The first kappa shape index (κ1) is 13.5. The summed E-state index contributed by atoms with van der Waals surface area (Å²) in [5.74, 6) is -0.708. The number of nitrogens with two attached hydrogens (primary N) is 1. The smallest absolute Gasteiger partial charge is 0.267 e. The van der Waals surface area contributed by atoms with E-state index in [4.69, 9.17) is 5.73 Å². The number of carbonyl (C=O) groups excluding carboxylic acids is 2. The standard InChI is InChI=1S/C13H10N4O2S2/c14-11(18)8-4-7(5-15-8)9-6-21-13(16-9)17-12(19)10-2-1-3-20-10/h1-6,15H,(H2,14,18)(H,16,17,19). The van der Waals surface area contributed by atoms with Gasteiger partial charge in [-0.15, -0.1) is 22.7 Å². The van der Waals surface area contributed by atoms with Crippen molar-refractivity contribution in [2.75, 3.05) is 5.32 Å². The van der Waals surface area contributed by atoms with Crippen molar-refractivity contribution < 1.29 is 9.59 Å². The van der Waals surface area contributed by atoms with Crippen molar-refractivity contribution in [3.63, 3.8) is 0 Å². The topological polar surface area (TPSA) is 101 Å². The van der Waals surface area contributed by atoms with Crippen LogP contribution in [0, 0.1) is 0 Å². The molecule has 0 saturated carbocycles. The molecule has 3 aromatic heterocycles. The Morgan fingerprint density at radius 3 is 2.86 bits per heavy atom. The van der Waals surface area contributed by atoms with E-state index < -0.39 is 5.91 Å². The highest BCUT2D eigenvalue weighted by atomic mass is 32.1. The predicted molar refractivity (Wildman–Crippen MR) is 82.7 cm³/mol. The van der Waals surface area contributed by atoms with E-state index in [1.807, 2.05) is 11.4 Å². The molecular formula is C13H10N4O2S2. The Bertz CT molecular complexity index is 789. The van der Waals surface area contributed by atoms with Crippen LogP contribution >= 0.6 is 22.7 Å². The molecule has 0 atom stereocenters. The minimum absolute atomic E-state index is 0.183. The van der Waals surface area contributed by atoms with Gasteiger partial charge in [-0.2, -0.15) is 0 Å². The van der Waals surface area contributed by atoms with Gasteiger partial charge in [-0.3, -0.25) is 14.9 Å². The van der Waals surface area contributed by atoms with Crippen LogP contribution in [-0.4, -0.2) is 21.8 Å². The molecule has 21 heavy (non-hydrogen) atoms. The molecule has 0 bridgehead atoms. The fourth-order valence-corrected chi connectivity index (χ4v) is 3.05. The molecule has 4 N–H and O–H groups in total. The Kier molecular flexibility index (Phi) is 3.55. The van der Waals surface area contributed by atoms with Gasteiger partial charge in [0, 0.05) is 17.1 Å². The molecule has 8 heteroatoms. The molecule has 0 fully saturated rings. The van der Waals surface area contributed by atoms with Gasteiger partial charge in [0.15, 0.2) is 5.13 Å². The van der Waals surface area contributed by atoms with Crippen LogP contribution in [0.25, 0.3) is 11.3 Å². The van der Waals surface area contributed by atoms with Crippen LogP contribution < -0.4 is 11.1 Å². The van der Waals surface area contributed by atoms with Crippen LogP contribution in [0.3, 0.4) is 0 Å². The van der Waals surface area contributed by atoms with Gasteiger partial charge in [-0.05, 0) is 17.5 Å². The first-order valence-electron chi connectivity index (χ1n) is 5.92. The number of rotatable bonds is 4. The van der Waals surface area contributed by atoms with Gasteiger partial charge >= 0.3 is 0 Å². The Morgan fingerprint density at radius 1 is 1.33 bits per heavy atom. The Labute approximate surface area is 127 Å². The lowest BCUT2D eigenvalue weighted by molar-refractivity contribution is 0.0994. The maximum Gasteiger partial charge on any atom is 0.267 e. The second-order valence-corrected chi connectivity index (χ2v) is 5.94. The first-order valence-corrected chi connectivity index (χ1v) is 7.68. The van der Waals surface area contributed by atoms with Gasteiger partial charge in [0.05, 0.1) is 10.6 Å². The number of nitrogens with one attached hydrogen (secondary N) is 2. The summed E-state index contributed by atoms with van der Waals surface area (Å²) < 4.78 is 0. The summed E-state index contributed by atoms with van der Waals surface area (Å²) >= 11 is 2.69. The van der Waals surface area contributed by atoms with Crippen LogP contribution in [0.2, 0.25) is 0 Å². The van der Waals surface area contributed by atoms with Gasteiger partial charge < -0.3 is 10.7 Å². The number of aromatic nitrogens is 2. The van der Waals surface area contributed by atoms with Gasteiger partial charge in [-0.1, -0.05) is 6.07 Å². The fourth-order valence-electron chi connectivity index (χ4n) is 1.71. The summed E-state index contributed by atoms with van der Waals surface area (Å²) in [7, 11) is 0. The van der Waals surface area contributed by atoms with Crippen molar-refractivity contribution in [1.29, 1.82) is 0 Å². The van der Waals surface area contributed by atoms with E-state index in [0.717, 1.165) is 5.56 Å². The van der Waals surface area contributed by atoms with E-state index in [9.17, 15) is 9.59 Å². The van der Waals surface area contributed by atoms with Crippen LogP contribution in [-0.2, 0) is 0 Å². The van der Waals surface area contributed by atoms with Gasteiger partial charge in [0.2, 0.25) is 0 Å². The number of hydrogen-bond acceptors (Lipinski definition) is 5. The number of hydrogen-bond donors (Lipinski definition) is 3. The van der Waals surface area contributed by atoms with Crippen molar-refractivity contribution >= 4 is 39.6 Å². The lowest BCUT2D eigenvalue weighted by Crippen LogP contribution is -2.10.